The summed E-state index contributed by atoms with van der Waals surface area (Å²) >= 11 is 1.36. The molecule has 0 N–H and O–H groups in total. The zero-order valence-corrected chi connectivity index (χ0v) is 16.9. The number of carbonyl (C=O) groups is 1. The molecule has 0 radical (unpaired) electrons. The zero-order chi connectivity index (χ0) is 19.7. The summed E-state index contributed by atoms with van der Waals surface area (Å²) < 4.78 is 29.7. The van der Waals surface area contributed by atoms with Gasteiger partial charge in [-0.15, -0.1) is 0 Å². The van der Waals surface area contributed by atoms with E-state index in [9.17, 15) is 13.2 Å². The van der Waals surface area contributed by atoms with E-state index in [1.807, 2.05) is 54.3 Å². The summed E-state index contributed by atoms with van der Waals surface area (Å²) in [6.07, 6.45) is 0. The second-order valence-corrected chi connectivity index (χ2v) is 10.3. The summed E-state index contributed by atoms with van der Waals surface area (Å²) in [5.74, 6) is 0.394. The molecule has 1 amide bonds. The predicted molar refractivity (Wildman–Crippen MR) is 112 cm³/mol. The Kier molecular flexibility index (Phi) is 5.16. The van der Waals surface area contributed by atoms with Gasteiger partial charge in [-0.25, -0.2) is 8.42 Å². The smallest absolute Gasteiger partial charge is 0.285 e. The first-order valence-corrected chi connectivity index (χ1v) is 11.6. The van der Waals surface area contributed by atoms with Gasteiger partial charge in [-0.05, 0) is 36.8 Å². The van der Waals surface area contributed by atoms with Crippen molar-refractivity contribution in [2.24, 2.45) is 4.99 Å². The topological polar surface area (TPSA) is 76.0 Å². The molecule has 146 valence electrons. The number of benzene rings is 2. The van der Waals surface area contributed by atoms with E-state index >= 15 is 0 Å². The molecular formula is C20H20N2O4S2. The van der Waals surface area contributed by atoms with Gasteiger partial charge in [0.15, 0.2) is 21.6 Å². The summed E-state index contributed by atoms with van der Waals surface area (Å²) in [4.78, 5) is 18.5. The van der Waals surface area contributed by atoms with Gasteiger partial charge in [0.25, 0.3) is 5.91 Å². The van der Waals surface area contributed by atoms with Crippen LogP contribution in [-0.4, -0.2) is 48.9 Å². The minimum Gasteiger partial charge on any atom is -0.484 e. The van der Waals surface area contributed by atoms with Crippen LogP contribution in [0.3, 0.4) is 0 Å². The first-order chi connectivity index (χ1) is 13.4. The van der Waals surface area contributed by atoms with Crippen LogP contribution in [-0.2, 0) is 14.6 Å². The fourth-order valence-electron chi connectivity index (χ4n) is 3.44. The second-order valence-electron chi connectivity index (χ2n) is 6.90. The Balaban J connectivity index is 1.58. The number of hydrogen-bond acceptors (Lipinski definition) is 5. The number of anilines is 1. The van der Waals surface area contributed by atoms with Crippen LogP contribution in [0, 0.1) is 6.92 Å². The van der Waals surface area contributed by atoms with Crippen LogP contribution in [0.1, 0.15) is 5.56 Å². The fraction of sp³-hybridized carbons (Fsp3) is 0.300. The molecule has 2 aliphatic heterocycles. The molecule has 2 heterocycles. The molecule has 8 heteroatoms. The SMILES string of the molecule is Cc1cccc(N2C(=NC(=O)COc3ccccc3)S[C@H]3CS(=O)(=O)C[C@@H]32)c1. The number of sulfone groups is 1. The van der Waals surface area contributed by atoms with Crippen LogP contribution in [0.5, 0.6) is 5.75 Å². The average Bonchev–Trinajstić information content (AvgIpc) is 3.11. The Labute approximate surface area is 168 Å². The number of amides is 1. The van der Waals surface area contributed by atoms with Gasteiger partial charge in [0, 0.05) is 10.9 Å². The van der Waals surface area contributed by atoms with Gasteiger partial charge in [-0.3, -0.25) is 4.79 Å². The van der Waals surface area contributed by atoms with Crippen LogP contribution >= 0.6 is 11.8 Å². The van der Waals surface area contributed by atoms with Crippen LogP contribution < -0.4 is 9.64 Å². The van der Waals surface area contributed by atoms with Gasteiger partial charge >= 0.3 is 0 Å². The highest BCUT2D eigenvalue weighted by Gasteiger charge is 2.49. The number of ether oxygens (including phenoxy) is 1. The van der Waals surface area contributed by atoms with E-state index < -0.39 is 15.7 Å². The van der Waals surface area contributed by atoms with Gasteiger partial charge in [0.2, 0.25) is 0 Å². The molecule has 2 aromatic carbocycles. The van der Waals surface area contributed by atoms with Crippen LogP contribution in [0.4, 0.5) is 5.69 Å². The Bertz CT molecular complexity index is 1020. The van der Waals surface area contributed by atoms with Gasteiger partial charge in [-0.1, -0.05) is 42.1 Å². The van der Waals surface area contributed by atoms with Crippen molar-refractivity contribution < 1.29 is 17.9 Å². The molecule has 4 rings (SSSR count). The van der Waals surface area contributed by atoms with Crippen molar-refractivity contribution in [2.75, 3.05) is 23.0 Å². The number of para-hydroxylation sites is 1. The lowest BCUT2D eigenvalue weighted by molar-refractivity contribution is -0.119. The van der Waals surface area contributed by atoms with Crippen molar-refractivity contribution in [3.05, 3.63) is 60.2 Å². The lowest BCUT2D eigenvalue weighted by Gasteiger charge is -2.24. The van der Waals surface area contributed by atoms with E-state index in [-0.39, 0.29) is 29.4 Å². The highest BCUT2D eigenvalue weighted by atomic mass is 32.2. The number of rotatable bonds is 4. The van der Waals surface area contributed by atoms with Crippen molar-refractivity contribution in [2.45, 2.75) is 18.2 Å². The van der Waals surface area contributed by atoms with E-state index in [0.29, 0.717) is 10.9 Å². The largest absolute Gasteiger partial charge is 0.484 e. The predicted octanol–water partition coefficient (Wildman–Crippen LogP) is 2.68. The monoisotopic (exact) mass is 416 g/mol. The van der Waals surface area contributed by atoms with Crippen molar-refractivity contribution in [1.29, 1.82) is 0 Å². The Morgan fingerprint density at radius 3 is 2.71 bits per heavy atom. The molecule has 2 fully saturated rings. The molecule has 2 saturated heterocycles. The molecule has 0 aromatic heterocycles. The average molecular weight is 417 g/mol. The Morgan fingerprint density at radius 1 is 1.18 bits per heavy atom. The Morgan fingerprint density at radius 2 is 1.96 bits per heavy atom. The van der Waals surface area contributed by atoms with Crippen LogP contribution in [0.2, 0.25) is 0 Å². The number of aliphatic imine (C=N–C) groups is 1. The molecule has 0 saturated carbocycles. The quantitative estimate of drug-likeness (QED) is 0.763. The third-order valence-corrected chi connectivity index (χ3v) is 7.88. The van der Waals surface area contributed by atoms with Crippen molar-refractivity contribution in [3.8, 4) is 5.75 Å². The van der Waals surface area contributed by atoms with Crippen LogP contribution in [0.25, 0.3) is 0 Å². The molecule has 0 spiro atoms. The summed E-state index contributed by atoms with van der Waals surface area (Å²) in [7, 11) is -3.08. The molecule has 0 unspecified atom stereocenters. The summed E-state index contributed by atoms with van der Waals surface area (Å²) in [6, 6.07) is 16.7. The normalized spacial score (nSPS) is 24.3. The van der Waals surface area contributed by atoms with Gasteiger partial charge in [0.1, 0.15) is 5.75 Å². The molecular weight excluding hydrogens is 396 g/mol. The third-order valence-electron chi connectivity index (χ3n) is 4.67. The minimum atomic E-state index is -3.08. The van der Waals surface area contributed by atoms with Crippen LogP contribution in [0.15, 0.2) is 59.6 Å². The number of aryl methyl sites for hydroxylation is 1. The van der Waals surface area contributed by atoms with Crippen molar-refractivity contribution in [3.63, 3.8) is 0 Å². The molecule has 2 atom stereocenters. The number of carbonyl (C=O) groups excluding carboxylic acids is 1. The number of nitrogens with zero attached hydrogens (tertiary/aromatic N) is 2. The highest BCUT2D eigenvalue weighted by Crippen LogP contribution is 2.41. The highest BCUT2D eigenvalue weighted by molar-refractivity contribution is 8.16. The summed E-state index contributed by atoms with van der Waals surface area (Å²) in [6.45, 7) is 1.81. The lowest BCUT2D eigenvalue weighted by Crippen LogP contribution is -2.37. The molecule has 2 aliphatic rings. The maximum absolute atomic E-state index is 12.4. The number of hydrogen-bond donors (Lipinski definition) is 0. The van der Waals surface area contributed by atoms with E-state index in [2.05, 4.69) is 4.99 Å². The van der Waals surface area contributed by atoms with E-state index in [1.165, 1.54) is 11.8 Å². The summed E-state index contributed by atoms with van der Waals surface area (Å²) in [5.41, 5.74) is 1.91. The molecule has 2 aromatic rings. The standard InChI is InChI=1S/C20H20N2O4S2/c1-14-6-5-7-15(10-14)22-17-12-28(24,25)13-18(17)27-20(22)21-19(23)11-26-16-8-3-2-4-9-16/h2-10,17-18H,11-13H2,1H3/t17-,18-/m0/s1. The van der Waals surface area contributed by atoms with Gasteiger partial charge in [0.05, 0.1) is 17.5 Å². The number of thioether (sulfide) groups is 1. The fourth-order valence-corrected chi connectivity index (χ4v) is 7.38. The molecule has 0 bridgehead atoms. The number of amidine groups is 1. The molecule has 6 nitrogen and oxygen atoms in total. The Hall–Kier alpha value is -2.32. The minimum absolute atomic E-state index is 0.0757. The second kappa shape index (κ2) is 7.60. The molecule has 0 aliphatic carbocycles. The third kappa shape index (κ3) is 4.07. The lowest BCUT2D eigenvalue weighted by atomic mass is 10.1. The first-order valence-electron chi connectivity index (χ1n) is 8.94. The maximum Gasteiger partial charge on any atom is 0.285 e. The summed E-state index contributed by atoms with van der Waals surface area (Å²) in [5, 5.41) is 0.421. The molecule has 28 heavy (non-hydrogen) atoms. The van der Waals surface area contributed by atoms with Gasteiger partial charge < -0.3 is 9.64 Å². The van der Waals surface area contributed by atoms with Crippen molar-refractivity contribution >= 4 is 38.4 Å². The first kappa shape index (κ1) is 19.0. The zero-order valence-electron chi connectivity index (χ0n) is 15.3. The van der Waals surface area contributed by atoms with E-state index in [1.54, 1.807) is 12.1 Å². The van der Waals surface area contributed by atoms with E-state index in [0.717, 1.165) is 11.3 Å². The van der Waals surface area contributed by atoms with Gasteiger partial charge in [-0.2, -0.15) is 4.99 Å². The number of fused-ring (bicyclic) bond motifs is 1. The van der Waals surface area contributed by atoms with Crippen molar-refractivity contribution in [1.82, 2.24) is 0 Å². The van der Waals surface area contributed by atoms with E-state index in [4.69, 9.17) is 4.74 Å². The maximum atomic E-state index is 12.4.